The minimum Gasteiger partial charge on any atom is -0.711 e. The van der Waals surface area contributed by atoms with Crippen molar-refractivity contribution in [3.05, 3.63) is 35.4 Å². The van der Waals surface area contributed by atoms with Gasteiger partial charge in [-0.15, -0.1) is 0 Å². The molecule has 0 bridgehead atoms. The van der Waals surface area contributed by atoms with Crippen molar-refractivity contribution in [2.24, 2.45) is 0 Å². The monoisotopic (exact) mass is 190 g/mol. The number of hydrogen-bond donors (Lipinski definition) is 0. The summed E-state index contributed by atoms with van der Waals surface area (Å²) < 4.78 is 5.83. The van der Waals surface area contributed by atoms with E-state index in [2.05, 4.69) is 4.98 Å². The van der Waals surface area contributed by atoms with Crippen molar-refractivity contribution in [1.82, 2.24) is 4.98 Å². The number of aromatic nitrogens is 2. The van der Waals surface area contributed by atoms with Crippen LogP contribution >= 0.6 is 0 Å². The van der Waals surface area contributed by atoms with E-state index in [0.29, 0.717) is 5.69 Å². The van der Waals surface area contributed by atoms with Gasteiger partial charge in [-0.25, -0.2) is 4.73 Å². The molecule has 4 heteroatoms. The lowest BCUT2D eigenvalue weighted by Gasteiger charge is -2.06. The van der Waals surface area contributed by atoms with E-state index in [1.54, 1.807) is 14.0 Å². The number of hydrogen-bond acceptors (Lipinski definition) is 3. The maximum absolute atomic E-state index is 11.2. The second-order valence-electron chi connectivity index (χ2n) is 3.04. The molecule has 2 aromatic rings. The first kappa shape index (κ1) is 8.74. The molecule has 0 N–H and O–H groups in total. The molecule has 0 aliphatic rings. The lowest BCUT2D eigenvalue weighted by Crippen LogP contribution is -2.30. The number of fused-ring (bicyclic) bond motifs is 1. The van der Waals surface area contributed by atoms with Crippen LogP contribution in [-0.2, 0) is 0 Å². The minimum atomic E-state index is 0.651. The molecule has 0 aliphatic heterocycles. The Hall–Kier alpha value is -1.84. The Labute approximate surface area is 81.4 Å². The van der Waals surface area contributed by atoms with E-state index in [1.165, 1.54) is 6.33 Å². The van der Waals surface area contributed by atoms with E-state index in [4.69, 9.17) is 4.74 Å². The Bertz CT molecular complexity index is 483. The summed E-state index contributed by atoms with van der Waals surface area (Å²) >= 11 is 0. The quantitative estimate of drug-likeness (QED) is 0.501. The number of nitrogens with zero attached hydrogens (tertiary/aromatic N) is 2. The van der Waals surface area contributed by atoms with Gasteiger partial charge in [-0.1, -0.05) is 0 Å². The summed E-state index contributed by atoms with van der Waals surface area (Å²) in [4.78, 5) is 4.02. The fraction of sp³-hybridized carbons (Fsp3) is 0.200. The fourth-order valence-electron chi connectivity index (χ4n) is 1.37. The standard InChI is InChI=1S/C10H10N2O2/c1-7-9-4-3-8(14-2)5-10(9)11-6-12(7)13/h3-6H,1-2H3. The molecule has 0 aliphatic carbocycles. The van der Waals surface area contributed by atoms with Crippen molar-refractivity contribution in [2.75, 3.05) is 7.11 Å². The summed E-state index contributed by atoms with van der Waals surface area (Å²) in [5, 5.41) is 12.1. The third-order valence-corrected chi connectivity index (χ3v) is 2.23. The molecule has 0 radical (unpaired) electrons. The van der Waals surface area contributed by atoms with E-state index in [9.17, 15) is 5.21 Å². The maximum Gasteiger partial charge on any atom is 0.290 e. The van der Waals surface area contributed by atoms with Crippen molar-refractivity contribution in [1.29, 1.82) is 0 Å². The molecule has 0 saturated carbocycles. The molecule has 2 rings (SSSR count). The SMILES string of the molecule is COc1ccc2c(C)[n+]([O-])cnc2c1. The van der Waals surface area contributed by atoms with Crippen LogP contribution in [0.3, 0.4) is 0 Å². The lowest BCUT2D eigenvalue weighted by molar-refractivity contribution is -0.613. The van der Waals surface area contributed by atoms with Crippen molar-refractivity contribution in [3.8, 4) is 5.75 Å². The molecule has 1 aromatic carbocycles. The van der Waals surface area contributed by atoms with Crippen LogP contribution in [0.5, 0.6) is 5.75 Å². The highest BCUT2D eigenvalue weighted by atomic mass is 16.5. The van der Waals surface area contributed by atoms with E-state index in [1.807, 2.05) is 18.2 Å². The average molecular weight is 190 g/mol. The first-order valence-electron chi connectivity index (χ1n) is 4.25. The first-order chi connectivity index (χ1) is 6.72. The number of aryl methyl sites for hydroxylation is 1. The Morgan fingerprint density at radius 3 is 2.93 bits per heavy atom. The predicted molar refractivity (Wildman–Crippen MR) is 52.0 cm³/mol. The van der Waals surface area contributed by atoms with Gasteiger partial charge in [0.25, 0.3) is 6.33 Å². The van der Waals surface area contributed by atoms with Gasteiger partial charge in [0.2, 0.25) is 0 Å². The Morgan fingerprint density at radius 1 is 1.43 bits per heavy atom. The van der Waals surface area contributed by atoms with Crippen molar-refractivity contribution in [3.63, 3.8) is 0 Å². The topological polar surface area (TPSA) is 49.1 Å². The van der Waals surface area contributed by atoms with E-state index >= 15 is 0 Å². The van der Waals surface area contributed by atoms with Crippen molar-refractivity contribution < 1.29 is 9.47 Å². The maximum atomic E-state index is 11.2. The van der Waals surface area contributed by atoms with Gasteiger partial charge >= 0.3 is 0 Å². The van der Waals surface area contributed by atoms with Crippen LogP contribution < -0.4 is 9.47 Å². The molecule has 14 heavy (non-hydrogen) atoms. The zero-order chi connectivity index (χ0) is 10.1. The van der Waals surface area contributed by atoms with Crippen LogP contribution in [-0.4, -0.2) is 12.1 Å². The van der Waals surface area contributed by atoms with Gasteiger partial charge in [-0.05, 0) is 24.0 Å². The van der Waals surface area contributed by atoms with Crippen LogP contribution in [0.25, 0.3) is 10.9 Å². The number of benzene rings is 1. The third-order valence-electron chi connectivity index (χ3n) is 2.23. The summed E-state index contributed by atoms with van der Waals surface area (Å²) in [6.07, 6.45) is 1.26. The number of rotatable bonds is 1. The summed E-state index contributed by atoms with van der Waals surface area (Å²) in [6.45, 7) is 1.77. The van der Waals surface area contributed by atoms with Crippen LogP contribution in [0.1, 0.15) is 5.69 Å². The van der Waals surface area contributed by atoms with Crippen molar-refractivity contribution in [2.45, 2.75) is 6.92 Å². The molecule has 0 fully saturated rings. The van der Waals surface area contributed by atoms with E-state index < -0.39 is 0 Å². The normalized spacial score (nSPS) is 10.4. The summed E-state index contributed by atoms with van der Waals surface area (Å²) in [5.41, 5.74) is 1.42. The van der Waals surface area contributed by atoms with Crippen LogP contribution in [0.2, 0.25) is 0 Å². The summed E-state index contributed by atoms with van der Waals surface area (Å²) in [6, 6.07) is 5.46. The average Bonchev–Trinajstić information content (AvgIpc) is 2.23. The largest absolute Gasteiger partial charge is 0.711 e. The molecule has 0 saturated heterocycles. The number of ether oxygens (including phenoxy) is 1. The molecule has 72 valence electrons. The molecular weight excluding hydrogens is 180 g/mol. The first-order valence-corrected chi connectivity index (χ1v) is 4.25. The highest BCUT2D eigenvalue weighted by Crippen LogP contribution is 2.19. The predicted octanol–water partition coefficient (Wildman–Crippen LogP) is 1.19. The second-order valence-corrected chi connectivity index (χ2v) is 3.04. The summed E-state index contributed by atoms with van der Waals surface area (Å²) in [7, 11) is 1.60. The van der Waals surface area contributed by atoms with Crippen LogP contribution in [0, 0.1) is 12.1 Å². The Balaban J connectivity index is 2.74. The highest BCUT2D eigenvalue weighted by molar-refractivity contribution is 5.80. The highest BCUT2D eigenvalue weighted by Gasteiger charge is 2.07. The molecule has 0 atom stereocenters. The zero-order valence-corrected chi connectivity index (χ0v) is 8.02. The Morgan fingerprint density at radius 2 is 2.21 bits per heavy atom. The molecule has 1 heterocycles. The van der Waals surface area contributed by atoms with Gasteiger partial charge in [0.05, 0.1) is 12.5 Å². The molecular formula is C10H10N2O2. The molecule has 1 aromatic heterocycles. The van der Waals surface area contributed by atoms with Gasteiger partial charge in [0.15, 0.2) is 5.52 Å². The van der Waals surface area contributed by atoms with E-state index in [0.717, 1.165) is 21.4 Å². The van der Waals surface area contributed by atoms with E-state index in [-0.39, 0.29) is 0 Å². The molecule has 0 spiro atoms. The van der Waals surface area contributed by atoms with Gasteiger partial charge in [0.1, 0.15) is 11.4 Å². The van der Waals surface area contributed by atoms with Gasteiger partial charge in [0, 0.05) is 6.07 Å². The summed E-state index contributed by atoms with van der Waals surface area (Å²) in [5.74, 6) is 0.744. The minimum absolute atomic E-state index is 0.651. The van der Waals surface area contributed by atoms with Crippen LogP contribution in [0.15, 0.2) is 24.5 Å². The van der Waals surface area contributed by atoms with Crippen molar-refractivity contribution >= 4 is 10.9 Å². The Kier molecular flexibility index (Phi) is 1.96. The van der Waals surface area contributed by atoms with Crippen LogP contribution in [0.4, 0.5) is 0 Å². The van der Waals surface area contributed by atoms with Gasteiger partial charge in [-0.2, -0.15) is 0 Å². The third kappa shape index (κ3) is 1.25. The van der Waals surface area contributed by atoms with Gasteiger partial charge in [-0.3, -0.25) is 0 Å². The smallest absolute Gasteiger partial charge is 0.290 e. The molecule has 4 nitrogen and oxygen atoms in total. The molecule has 0 unspecified atom stereocenters. The second kappa shape index (κ2) is 3.14. The number of methoxy groups -OCH3 is 1. The van der Waals surface area contributed by atoms with Gasteiger partial charge < -0.3 is 9.94 Å². The lowest BCUT2D eigenvalue weighted by atomic mass is 10.2. The fourth-order valence-corrected chi connectivity index (χ4v) is 1.37. The zero-order valence-electron chi connectivity index (χ0n) is 8.02. The molecule has 0 amide bonds.